The molecule has 0 unspecified atom stereocenters. The van der Waals surface area contributed by atoms with E-state index in [2.05, 4.69) is 10.0 Å². The lowest BCUT2D eigenvalue weighted by Crippen LogP contribution is -2.26. The standard InChI is InChI=1S/C14H21ClN2O3S/c1-20-8-2-7-17-21(18,19)13-5-6-14(15)11(9-13)10-16-12-3-4-12/h5-6,9,12,16-17H,2-4,7-8,10H2,1H3. The minimum Gasteiger partial charge on any atom is -0.385 e. The van der Waals surface area contributed by atoms with E-state index >= 15 is 0 Å². The Morgan fingerprint density at radius 1 is 1.38 bits per heavy atom. The van der Waals surface area contributed by atoms with Gasteiger partial charge in [0, 0.05) is 37.9 Å². The first-order chi connectivity index (χ1) is 10.0. The van der Waals surface area contributed by atoms with E-state index in [0.29, 0.717) is 37.2 Å². The summed E-state index contributed by atoms with van der Waals surface area (Å²) >= 11 is 6.12. The summed E-state index contributed by atoms with van der Waals surface area (Å²) in [4.78, 5) is 0.247. The largest absolute Gasteiger partial charge is 0.385 e. The van der Waals surface area contributed by atoms with Gasteiger partial charge in [-0.3, -0.25) is 0 Å². The smallest absolute Gasteiger partial charge is 0.240 e. The van der Waals surface area contributed by atoms with Crippen LogP contribution in [0, 0.1) is 0 Å². The van der Waals surface area contributed by atoms with Crippen LogP contribution in [0.1, 0.15) is 24.8 Å². The molecule has 5 nitrogen and oxygen atoms in total. The summed E-state index contributed by atoms with van der Waals surface area (Å²) in [6.45, 7) is 1.48. The zero-order chi connectivity index (χ0) is 15.3. The average Bonchev–Trinajstić information content (AvgIpc) is 3.27. The lowest BCUT2D eigenvalue weighted by Gasteiger charge is -2.10. The summed E-state index contributed by atoms with van der Waals surface area (Å²) in [5.41, 5.74) is 0.809. The minimum absolute atomic E-state index is 0.247. The predicted octanol–water partition coefficient (Wildman–Crippen LogP) is 1.91. The number of hydrogen-bond donors (Lipinski definition) is 2. The van der Waals surface area contributed by atoms with Crippen molar-refractivity contribution in [1.29, 1.82) is 0 Å². The zero-order valence-corrected chi connectivity index (χ0v) is 13.6. The van der Waals surface area contributed by atoms with Crippen LogP contribution in [0.15, 0.2) is 23.1 Å². The monoisotopic (exact) mass is 332 g/mol. The molecule has 0 amide bonds. The van der Waals surface area contributed by atoms with Gasteiger partial charge in [0.1, 0.15) is 0 Å². The van der Waals surface area contributed by atoms with Crippen LogP contribution in [0.5, 0.6) is 0 Å². The molecule has 1 aliphatic rings. The first kappa shape index (κ1) is 16.7. The third-order valence-corrected chi connectivity index (χ3v) is 5.13. The molecule has 0 saturated heterocycles. The van der Waals surface area contributed by atoms with Crippen LogP contribution in [0.25, 0.3) is 0 Å². The van der Waals surface area contributed by atoms with Crippen molar-refractivity contribution in [2.45, 2.75) is 36.7 Å². The second-order valence-corrected chi connectivity index (χ2v) is 7.33. The molecular formula is C14H21ClN2O3S. The molecule has 21 heavy (non-hydrogen) atoms. The normalized spacial score (nSPS) is 15.3. The van der Waals surface area contributed by atoms with E-state index in [9.17, 15) is 8.42 Å². The molecule has 1 fully saturated rings. The topological polar surface area (TPSA) is 67.4 Å². The first-order valence-electron chi connectivity index (χ1n) is 7.03. The fourth-order valence-corrected chi connectivity index (χ4v) is 3.21. The van der Waals surface area contributed by atoms with E-state index in [1.807, 2.05) is 0 Å². The molecular weight excluding hydrogens is 312 g/mol. The van der Waals surface area contributed by atoms with E-state index in [4.69, 9.17) is 16.3 Å². The molecule has 2 rings (SSSR count). The van der Waals surface area contributed by atoms with Crippen molar-refractivity contribution >= 4 is 21.6 Å². The van der Waals surface area contributed by atoms with E-state index in [1.54, 1.807) is 19.2 Å². The van der Waals surface area contributed by atoms with Crippen molar-refractivity contribution in [2.75, 3.05) is 20.3 Å². The summed E-state index contributed by atoms with van der Waals surface area (Å²) in [6.07, 6.45) is 2.99. The molecule has 0 aliphatic heterocycles. The van der Waals surface area contributed by atoms with Crippen molar-refractivity contribution in [3.8, 4) is 0 Å². The maximum atomic E-state index is 12.2. The van der Waals surface area contributed by atoms with Gasteiger partial charge in [-0.15, -0.1) is 0 Å². The molecule has 0 aromatic heterocycles. The molecule has 0 spiro atoms. The van der Waals surface area contributed by atoms with E-state index in [1.165, 1.54) is 18.9 Å². The van der Waals surface area contributed by atoms with Crippen LogP contribution in [0.2, 0.25) is 5.02 Å². The Kier molecular flexibility index (Phi) is 6.01. The minimum atomic E-state index is -3.49. The lowest BCUT2D eigenvalue weighted by atomic mass is 10.2. The van der Waals surface area contributed by atoms with Crippen molar-refractivity contribution in [1.82, 2.24) is 10.0 Å². The fourth-order valence-electron chi connectivity index (χ4n) is 1.90. The number of nitrogens with one attached hydrogen (secondary N) is 2. The summed E-state index contributed by atoms with van der Waals surface area (Å²) in [5.74, 6) is 0. The maximum Gasteiger partial charge on any atom is 0.240 e. The third-order valence-electron chi connectivity index (χ3n) is 3.30. The second kappa shape index (κ2) is 7.56. The molecule has 1 aromatic rings. The number of halogens is 1. The Balaban J connectivity index is 2.01. The molecule has 0 bridgehead atoms. The van der Waals surface area contributed by atoms with Crippen LogP contribution >= 0.6 is 11.6 Å². The second-order valence-electron chi connectivity index (χ2n) is 5.15. The highest BCUT2D eigenvalue weighted by Gasteiger charge is 2.21. The summed E-state index contributed by atoms with van der Waals surface area (Å²) < 4.78 is 31.8. The number of sulfonamides is 1. The van der Waals surface area contributed by atoms with Crippen LogP contribution < -0.4 is 10.0 Å². The van der Waals surface area contributed by atoms with E-state index in [-0.39, 0.29) is 4.90 Å². The summed E-state index contributed by atoms with van der Waals surface area (Å²) in [7, 11) is -1.90. The van der Waals surface area contributed by atoms with Crippen molar-refractivity contribution in [2.24, 2.45) is 0 Å². The Labute approximate surface area is 131 Å². The maximum absolute atomic E-state index is 12.2. The van der Waals surface area contributed by atoms with Gasteiger partial charge in [-0.2, -0.15) is 0 Å². The van der Waals surface area contributed by atoms with Crippen LogP contribution in [-0.2, 0) is 21.3 Å². The summed E-state index contributed by atoms with van der Waals surface area (Å²) in [5, 5.41) is 3.92. The van der Waals surface area contributed by atoms with Crippen molar-refractivity contribution in [3.63, 3.8) is 0 Å². The van der Waals surface area contributed by atoms with Gasteiger partial charge in [0.15, 0.2) is 0 Å². The molecule has 0 heterocycles. The van der Waals surface area contributed by atoms with Gasteiger partial charge < -0.3 is 10.1 Å². The molecule has 0 atom stereocenters. The Bertz CT molecular complexity index is 574. The third kappa shape index (κ3) is 5.23. The average molecular weight is 333 g/mol. The van der Waals surface area contributed by atoms with Gasteiger partial charge in [-0.25, -0.2) is 13.1 Å². The van der Waals surface area contributed by atoms with E-state index < -0.39 is 10.0 Å². The van der Waals surface area contributed by atoms with Gasteiger partial charge >= 0.3 is 0 Å². The molecule has 2 N–H and O–H groups in total. The Morgan fingerprint density at radius 3 is 2.81 bits per heavy atom. The molecule has 1 aliphatic carbocycles. The van der Waals surface area contributed by atoms with Gasteiger partial charge in [-0.05, 0) is 43.0 Å². The molecule has 7 heteroatoms. The molecule has 1 aromatic carbocycles. The van der Waals surface area contributed by atoms with Crippen LogP contribution in [0.4, 0.5) is 0 Å². The van der Waals surface area contributed by atoms with Gasteiger partial charge in [0.2, 0.25) is 10.0 Å². The van der Waals surface area contributed by atoms with Crippen molar-refractivity contribution in [3.05, 3.63) is 28.8 Å². The SMILES string of the molecule is COCCCNS(=O)(=O)c1ccc(Cl)c(CNC2CC2)c1. The zero-order valence-electron chi connectivity index (χ0n) is 12.1. The van der Waals surface area contributed by atoms with Crippen LogP contribution in [0.3, 0.4) is 0 Å². The molecule has 118 valence electrons. The predicted molar refractivity (Wildman–Crippen MR) is 83.0 cm³/mol. The number of hydrogen-bond acceptors (Lipinski definition) is 4. The van der Waals surface area contributed by atoms with Crippen LogP contribution in [-0.4, -0.2) is 34.7 Å². The lowest BCUT2D eigenvalue weighted by molar-refractivity contribution is 0.196. The Morgan fingerprint density at radius 2 is 2.14 bits per heavy atom. The number of ether oxygens (including phenoxy) is 1. The van der Waals surface area contributed by atoms with Gasteiger partial charge in [0.25, 0.3) is 0 Å². The number of rotatable bonds is 9. The van der Waals surface area contributed by atoms with Gasteiger partial charge in [-0.1, -0.05) is 11.6 Å². The highest BCUT2D eigenvalue weighted by molar-refractivity contribution is 7.89. The summed E-state index contributed by atoms with van der Waals surface area (Å²) in [6, 6.07) is 5.35. The highest BCUT2D eigenvalue weighted by atomic mass is 35.5. The highest BCUT2D eigenvalue weighted by Crippen LogP contribution is 2.23. The number of methoxy groups -OCH3 is 1. The quantitative estimate of drug-likeness (QED) is 0.678. The Hall–Kier alpha value is -0.660. The fraction of sp³-hybridized carbons (Fsp3) is 0.571. The molecule has 0 radical (unpaired) electrons. The first-order valence-corrected chi connectivity index (χ1v) is 8.89. The molecule has 1 saturated carbocycles. The van der Waals surface area contributed by atoms with Gasteiger partial charge in [0.05, 0.1) is 4.90 Å². The van der Waals surface area contributed by atoms with E-state index in [0.717, 1.165) is 5.56 Å². The number of benzene rings is 1. The van der Waals surface area contributed by atoms with Crippen molar-refractivity contribution < 1.29 is 13.2 Å².